The number of nitrogens with zero attached hydrogens (tertiary/aromatic N) is 1. The number of thiophene rings is 1. The topological polar surface area (TPSA) is 78.9 Å². The summed E-state index contributed by atoms with van der Waals surface area (Å²) >= 11 is 1.50. The zero-order chi connectivity index (χ0) is 21.2. The fraction of sp³-hybridized carbons (Fsp3) is 0.368. The zero-order valence-corrected chi connectivity index (χ0v) is 16.2. The van der Waals surface area contributed by atoms with Gasteiger partial charge in [-0.05, 0) is 36.1 Å². The molecule has 2 atom stereocenters. The van der Waals surface area contributed by atoms with E-state index in [9.17, 15) is 27.9 Å². The number of imide groups is 1. The quantitative estimate of drug-likeness (QED) is 0.665. The molecule has 29 heavy (non-hydrogen) atoms. The smallest absolute Gasteiger partial charge is 0.389 e. The number of ether oxygens (including phenoxy) is 1. The van der Waals surface area contributed by atoms with Gasteiger partial charge in [-0.25, -0.2) is 4.79 Å². The Labute approximate surface area is 168 Å². The third-order valence-electron chi connectivity index (χ3n) is 4.59. The molecule has 0 bridgehead atoms. The number of amides is 3. The van der Waals surface area contributed by atoms with E-state index < -0.39 is 35.3 Å². The van der Waals surface area contributed by atoms with Crippen molar-refractivity contribution in [3.8, 4) is 0 Å². The van der Waals surface area contributed by atoms with E-state index in [1.54, 1.807) is 0 Å². The van der Waals surface area contributed by atoms with Crippen molar-refractivity contribution in [3.63, 3.8) is 0 Å². The van der Waals surface area contributed by atoms with Crippen molar-refractivity contribution in [1.82, 2.24) is 10.2 Å². The molecule has 1 aliphatic heterocycles. The predicted molar refractivity (Wildman–Crippen MR) is 99.0 cm³/mol. The van der Waals surface area contributed by atoms with E-state index >= 15 is 0 Å². The number of halogens is 3. The molecule has 1 aromatic heterocycles. The number of β-amino-alcohol motifs (C(OH)–C–C–N with tert-alkyl or cyclic N) is 1. The van der Waals surface area contributed by atoms with Gasteiger partial charge >= 0.3 is 12.2 Å². The summed E-state index contributed by atoms with van der Waals surface area (Å²) < 4.78 is 43.6. The summed E-state index contributed by atoms with van der Waals surface area (Å²) in [4.78, 5) is 26.9. The molecule has 1 aliphatic rings. The first-order valence-electron chi connectivity index (χ1n) is 8.71. The summed E-state index contributed by atoms with van der Waals surface area (Å²) in [6.07, 6.45) is -5.60. The van der Waals surface area contributed by atoms with Crippen LogP contribution in [0.15, 0.2) is 41.8 Å². The lowest BCUT2D eigenvalue weighted by Crippen LogP contribution is -2.42. The van der Waals surface area contributed by atoms with Crippen molar-refractivity contribution >= 4 is 23.3 Å². The number of benzene rings is 1. The lowest BCUT2D eigenvalue weighted by Gasteiger charge is -2.23. The Morgan fingerprint density at radius 3 is 2.52 bits per heavy atom. The molecule has 0 radical (unpaired) electrons. The van der Waals surface area contributed by atoms with E-state index in [2.05, 4.69) is 5.32 Å². The predicted octanol–water partition coefficient (Wildman–Crippen LogP) is 3.11. The van der Waals surface area contributed by atoms with Gasteiger partial charge in [-0.2, -0.15) is 13.2 Å². The SMILES string of the molecule is C[C@@]1(c2ccc(C(F)(F)F)cc2)NC(=O)N(C[C@@H](O)COCc2cccs2)C1=O. The molecule has 3 rings (SSSR count). The summed E-state index contributed by atoms with van der Waals surface area (Å²) in [7, 11) is 0. The van der Waals surface area contributed by atoms with E-state index in [1.165, 1.54) is 18.3 Å². The third kappa shape index (κ3) is 4.60. The fourth-order valence-corrected chi connectivity index (χ4v) is 3.65. The van der Waals surface area contributed by atoms with E-state index in [4.69, 9.17) is 4.74 Å². The van der Waals surface area contributed by atoms with Crippen molar-refractivity contribution in [1.29, 1.82) is 0 Å². The molecule has 1 aromatic carbocycles. The average Bonchev–Trinajstić information content (AvgIpc) is 3.24. The standard InChI is InChI=1S/C19H19F3N2O4S/c1-18(12-4-6-13(7-5-12)19(20,21)22)16(26)24(17(27)23-18)9-14(25)10-28-11-15-3-2-8-29-15/h2-8,14,25H,9-11H2,1H3,(H,23,27)/t14-,18+/m1/s1. The largest absolute Gasteiger partial charge is 0.416 e. The molecule has 2 heterocycles. The lowest BCUT2D eigenvalue weighted by atomic mass is 9.91. The van der Waals surface area contributed by atoms with Crippen LogP contribution in [0.4, 0.5) is 18.0 Å². The maximum Gasteiger partial charge on any atom is 0.416 e. The van der Waals surface area contributed by atoms with E-state index in [-0.39, 0.29) is 18.7 Å². The highest BCUT2D eigenvalue weighted by molar-refractivity contribution is 7.09. The molecule has 6 nitrogen and oxygen atoms in total. The number of aliphatic hydroxyl groups is 1. The van der Waals surface area contributed by atoms with Crippen LogP contribution in [0, 0.1) is 0 Å². The highest BCUT2D eigenvalue weighted by atomic mass is 32.1. The van der Waals surface area contributed by atoms with Gasteiger partial charge in [0.25, 0.3) is 5.91 Å². The van der Waals surface area contributed by atoms with Crippen LogP contribution >= 0.6 is 11.3 Å². The summed E-state index contributed by atoms with van der Waals surface area (Å²) in [5.41, 5.74) is -2.15. The van der Waals surface area contributed by atoms with Crippen LogP contribution in [0.1, 0.15) is 22.9 Å². The zero-order valence-electron chi connectivity index (χ0n) is 15.4. The minimum atomic E-state index is -4.50. The van der Waals surface area contributed by atoms with Crippen molar-refractivity contribution in [2.45, 2.75) is 31.3 Å². The van der Waals surface area contributed by atoms with Gasteiger partial charge in [0.05, 0.1) is 31.4 Å². The first-order chi connectivity index (χ1) is 13.6. The Morgan fingerprint density at radius 1 is 1.24 bits per heavy atom. The van der Waals surface area contributed by atoms with Gasteiger partial charge in [-0.15, -0.1) is 11.3 Å². The molecule has 156 valence electrons. The minimum absolute atomic E-state index is 0.0774. The average molecular weight is 428 g/mol. The van der Waals surface area contributed by atoms with Gasteiger partial charge in [-0.3, -0.25) is 9.69 Å². The van der Waals surface area contributed by atoms with Gasteiger partial charge in [-0.1, -0.05) is 18.2 Å². The van der Waals surface area contributed by atoms with Crippen LogP contribution < -0.4 is 5.32 Å². The molecular formula is C19H19F3N2O4S. The lowest BCUT2D eigenvalue weighted by molar-refractivity contribution is -0.137. The van der Waals surface area contributed by atoms with Crippen molar-refractivity contribution in [2.24, 2.45) is 0 Å². The molecule has 2 N–H and O–H groups in total. The van der Waals surface area contributed by atoms with Crippen LogP contribution in [0.25, 0.3) is 0 Å². The molecule has 2 aromatic rings. The van der Waals surface area contributed by atoms with Gasteiger partial charge in [0.1, 0.15) is 5.54 Å². The number of carbonyl (C=O) groups is 2. The number of hydrogen-bond acceptors (Lipinski definition) is 5. The second-order valence-electron chi connectivity index (χ2n) is 6.79. The highest BCUT2D eigenvalue weighted by Crippen LogP contribution is 2.33. The Balaban J connectivity index is 1.63. The van der Waals surface area contributed by atoms with Gasteiger partial charge in [0.15, 0.2) is 0 Å². The number of alkyl halides is 3. The number of carbonyl (C=O) groups excluding carboxylic acids is 2. The van der Waals surface area contributed by atoms with Gasteiger partial charge in [0, 0.05) is 4.88 Å². The van der Waals surface area contributed by atoms with Crippen molar-refractivity contribution in [2.75, 3.05) is 13.2 Å². The second kappa shape index (κ2) is 8.13. The van der Waals surface area contributed by atoms with E-state index in [0.29, 0.717) is 6.61 Å². The number of nitrogens with one attached hydrogen (secondary N) is 1. The molecule has 0 saturated carbocycles. The molecule has 0 aliphatic carbocycles. The normalized spacial score (nSPS) is 20.8. The maximum absolute atomic E-state index is 12.8. The van der Waals surface area contributed by atoms with Crippen molar-refractivity contribution in [3.05, 3.63) is 57.8 Å². The Bertz CT molecular complexity index is 871. The monoisotopic (exact) mass is 428 g/mol. The molecule has 1 fully saturated rings. The van der Waals surface area contributed by atoms with Crippen LogP contribution in [-0.4, -0.2) is 41.2 Å². The molecule has 10 heteroatoms. The van der Waals surface area contributed by atoms with Crippen LogP contribution in [0.3, 0.4) is 0 Å². The van der Waals surface area contributed by atoms with Crippen molar-refractivity contribution < 1.29 is 32.6 Å². The van der Waals surface area contributed by atoms with Crippen LogP contribution in [-0.2, 0) is 27.9 Å². The second-order valence-corrected chi connectivity index (χ2v) is 7.83. The molecule has 0 unspecified atom stereocenters. The Morgan fingerprint density at radius 2 is 1.93 bits per heavy atom. The summed E-state index contributed by atoms with van der Waals surface area (Å²) in [5, 5.41) is 14.5. The number of urea groups is 1. The molecular weight excluding hydrogens is 409 g/mol. The number of hydrogen-bond donors (Lipinski definition) is 2. The Hall–Kier alpha value is -2.43. The number of rotatable bonds is 7. The van der Waals surface area contributed by atoms with E-state index in [0.717, 1.165) is 34.0 Å². The number of aliphatic hydroxyl groups excluding tert-OH is 1. The first-order valence-corrected chi connectivity index (χ1v) is 9.59. The Kier molecular flexibility index (Phi) is 5.97. The first kappa shape index (κ1) is 21.3. The highest BCUT2D eigenvalue weighted by Gasteiger charge is 2.49. The third-order valence-corrected chi connectivity index (χ3v) is 5.44. The molecule has 3 amide bonds. The van der Waals surface area contributed by atoms with Crippen LogP contribution in [0.2, 0.25) is 0 Å². The maximum atomic E-state index is 12.8. The fourth-order valence-electron chi connectivity index (χ4n) is 3.00. The van der Waals surface area contributed by atoms with Gasteiger partial charge < -0.3 is 15.2 Å². The molecule has 1 saturated heterocycles. The summed E-state index contributed by atoms with van der Waals surface area (Å²) in [6, 6.07) is 7.05. The summed E-state index contributed by atoms with van der Waals surface area (Å²) in [6.45, 7) is 1.35. The minimum Gasteiger partial charge on any atom is -0.389 e. The molecule has 0 spiro atoms. The van der Waals surface area contributed by atoms with E-state index in [1.807, 2.05) is 17.5 Å². The van der Waals surface area contributed by atoms with Gasteiger partial charge in [0.2, 0.25) is 0 Å². The summed E-state index contributed by atoms with van der Waals surface area (Å²) in [5.74, 6) is -0.653. The van der Waals surface area contributed by atoms with Crippen LogP contribution in [0.5, 0.6) is 0 Å².